The summed E-state index contributed by atoms with van der Waals surface area (Å²) in [6, 6.07) is 3.72. The molecule has 0 amide bonds. The summed E-state index contributed by atoms with van der Waals surface area (Å²) in [5.41, 5.74) is 0.710. The number of nitrogens with zero attached hydrogens (tertiary/aromatic N) is 4. The first kappa shape index (κ1) is 16.0. The summed E-state index contributed by atoms with van der Waals surface area (Å²) in [6.45, 7) is 2.49. The standard InChI is InChI=1S/C17H18N4O3/c1-11-14(17(22)23-2)9-13(24-11)8-12(10-18)16-20-19-15-6-4-3-5-7-21(15)16/h8-9H,3-7H2,1-2H3/b12-8-. The van der Waals surface area contributed by atoms with E-state index in [-0.39, 0.29) is 0 Å². The second kappa shape index (κ2) is 6.71. The topological polar surface area (TPSA) is 93.9 Å². The molecule has 0 saturated carbocycles. The third-order valence-corrected chi connectivity index (χ3v) is 4.10. The molecule has 124 valence electrons. The number of rotatable bonds is 3. The quantitative estimate of drug-likeness (QED) is 0.636. The molecular formula is C17H18N4O3. The Bertz CT molecular complexity index is 839. The largest absolute Gasteiger partial charge is 0.465 e. The highest BCUT2D eigenvalue weighted by Gasteiger charge is 2.19. The van der Waals surface area contributed by atoms with Crippen molar-refractivity contribution in [3.8, 4) is 6.07 Å². The lowest BCUT2D eigenvalue weighted by atomic mass is 10.2. The number of carbonyl (C=O) groups excluding carboxylic acids is 1. The molecule has 0 aromatic carbocycles. The van der Waals surface area contributed by atoms with E-state index in [9.17, 15) is 10.1 Å². The fourth-order valence-electron chi connectivity index (χ4n) is 2.86. The van der Waals surface area contributed by atoms with Gasteiger partial charge in [0.15, 0.2) is 5.82 Å². The molecule has 3 rings (SSSR count). The molecule has 1 aliphatic rings. The monoisotopic (exact) mass is 326 g/mol. The predicted molar refractivity (Wildman–Crippen MR) is 85.8 cm³/mol. The molecule has 7 nitrogen and oxygen atoms in total. The maximum Gasteiger partial charge on any atom is 0.341 e. The summed E-state index contributed by atoms with van der Waals surface area (Å²) in [4.78, 5) is 11.7. The molecule has 0 fully saturated rings. The van der Waals surface area contributed by atoms with Crippen LogP contribution in [0.2, 0.25) is 0 Å². The van der Waals surface area contributed by atoms with E-state index in [0.29, 0.717) is 28.5 Å². The number of aromatic nitrogens is 3. The van der Waals surface area contributed by atoms with Crippen LogP contribution in [-0.2, 0) is 17.7 Å². The summed E-state index contributed by atoms with van der Waals surface area (Å²) < 4.78 is 12.3. The van der Waals surface area contributed by atoms with Gasteiger partial charge >= 0.3 is 5.97 Å². The Morgan fingerprint density at radius 2 is 2.25 bits per heavy atom. The molecule has 0 saturated heterocycles. The van der Waals surface area contributed by atoms with Crippen LogP contribution in [0.1, 0.15) is 52.8 Å². The van der Waals surface area contributed by atoms with E-state index >= 15 is 0 Å². The first-order valence-electron chi connectivity index (χ1n) is 7.87. The van der Waals surface area contributed by atoms with Crippen LogP contribution in [0.15, 0.2) is 10.5 Å². The van der Waals surface area contributed by atoms with Gasteiger partial charge in [-0.25, -0.2) is 4.79 Å². The van der Waals surface area contributed by atoms with Crippen LogP contribution in [0, 0.1) is 18.3 Å². The van der Waals surface area contributed by atoms with Crippen molar-refractivity contribution in [2.75, 3.05) is 7.11 Å². The molecule has 0 bridgehead atoms. The van der Waals surface area contributed by atoms with Crippen molar-refractivity contribution in [1.29, 1.82) is 5.26 Å². The van der Waals surface area contributed by atoms with Gasteiger partial charge in [-0.1, -0.05) is 6.42 Å². The summed E-state index contributed by atoms with van der Waals surface area (Å²) >= 11 is 0. The molecule has 2 aromatic rings. The van der Waals surface area contributed by atoms with Gasteiger partial charge < -0.3 is 13.7 Å². The number of hydrogen-bond donors (Lipinski definition) is 0. The van der Waals surface area contributed by atoms with Gasteiger partial charge in [-0.05, 0) is 25.8 Å². The van der Waals surface area contributed by atoms with E-state index in [2.05, 4.69) is 16.3 Å². The van der Waals surface area contributed by atoms with Gasteiger partial charge in [-0.2, -0.15) is 5.26 Å². The molecular weight excluding hydrogens is 308 g/mol. The average Bonchev–Trinajstić information content (AvgIpc) is 3.07. The molecule has 0 aliphatic carbocycles. The summed E-state index contributed by atoms with van der Waals surface area (Å²) in [7, 11) is 1.32. The highest BCUT2D eigenvalue weighted by atomic mass is 16.5. The lowest BCUT2D eigenvalue weighted by Gasteiger charge is -2.05. The van der Waals surface area contributed by atoms with Crippen LogP contribution in [0.3, 0.4) is 0 Å². The smallest absolute Gasteiger partial charge is 0.341 e. The zero-order valence-corrected chi connectivity index (χ0v) is 13.7. The Balaban J connectivity index is 1.98. The van der Waals surface area contributed by atoms with E-state index < -0.39 is 5.97 Å². The SMILES string of the molecule is COC(=O)c1cc(/C=C(/C#N)c2nnc3n2CCCCC3)oc1C. The lowest BCUT2D eigenvalue weighted by molar-refractivity contribution is 0.0599. The minimum absolute atomic E-state index is 0.348. The van der Waals surface area contributed by atoms with Crippen LogP contribution in [-0.4, -0.2) is 27.8 Å². The van der Waals surface area contributed by atoms with Gasteiger partial charge in [0.25, 0.3) is 0 Å². The highest BCUT2D eigenvalue weighted by molar-refractivity contribution is 5.92. The van der Waals surface area contributed by atoms with Crippen molar-refractivity contribution in [3.05, 3.63) is 34.8 Å². The van der Waals surface area contributed by atoms with Crippen molar-refractivity contribution in [2.45, 2.75) is 39.2 Å². The number of aryl methyl sites for hydroxylation is 2. The van der Waals surface area contributed by atoms with Gasteiger partial charge in [0.05, 0.1) is 7.11 Å². The second-order valence-corrected chi connectivity index (χ2v) is 5.68. The number of hydrogen-bond acceptors (Lipinski definition) is 6. The van der Waals surface area contributed by atoms with Crippen LogP contribution in [0.5, 0.6) is 0 Å². The number of allylic oxidation sites excluding steroid dienone is 1. The fourth-order valence-corrected chi connectivity index (χ4v) is 2.86. The number of esters is 1. The molecule has 2 aromatic heterocycles. The molecule has 24 heavy (non-hydrogen) atoms. The molecule has 3 heterocycles. The minimum Gasteiger partial charge on any atom is -0.465 e. The number of furan rings is 1. The van der Waals surface area contributed by atoms with Gasteiger partial charge in [-0.3, -0.25) is 0 Å². The summed E-state index contributed by atoms with van der Waals surface area (Å²) in [5.74, 6) is 1.85. The Kier molecular flexibility index (Phi) is 4.47. The Labute approximate surface area is 139 Å². The number of carbonyl (C=O) groups is 1. The van der Waals surface area contributed by atoms with Crippen LogP contribution in [0.25, 0.3) is 11.6 Å². The van der Waals surface area contributed by atoms with Crippen LogP contribution < -0.4 is 0 Å². The number of fused-ring (bicyclic) bond motifs is 1. The van der Waals surface area contributed by atoms with Gasteiger partial charge in [0.2, 0.25) is 0 Å². The number of nitriles is 1. The molecule has 0 radical (unpaired) electrons. The molecule has 1 aliphatic heterocycles. The van der Waals surface area contributed by atoms with Crippen LogP contribution >= 0.6 is 0 Å². The van der Waals surface area contributed by atoms with Crippen molar-refractivity contribution >= 4 is 17.6 Å². The van der Waals surface area contributed by atoms with E-state index in [0.717, 1.165) is 38.1 Å². The Morgan fingerprint density at radius 1 is 1.42 bits per heavy atom. The maximum absolute atomic E-state index is 11.7. The van der Waals surface area contributed by atoms with Crippen molar-refractivity contribution in [1.82, 2.24) is 14.8 Å². The Morgan fingerprint density at radius 3 is 3.00 bits per heavy atom. The first-order chi connectivity index (χ1) is 11.6. The fraction of sp³-hybridized carbons (Fsp3) is 0.412. The lowest BCUT2D eigenvalue weighted by Crippen LogP contribution is -2.05. The van der Waals surface area contributed by atoms with E-state index in [1.54, 1.807) is 19.1 Å². The Hall–Kier alpha value is -2.88. The molecule has 0 spiro atoms. The predicted octanol–water partition coefficient (Wildman–Crippen LogP) is 2.76. The van der Waals surface area contributed by atoms with Crippen molar-refractivity contribution in [3.63, 3.8) is 0 Å². The zero-order chi connectivity index (χ0) is 17.1. The van der Waals surface area contributed by atoms with Gasteiger partial charge in [-0.15, -0.1) is 10.2 Å². The molecule has 0 atom stereocenters. The van der Waals surface area contributed by atoms with E-state index in [1.807, 2.05) is 4.57 Å². The maximum atomic E-state index is 11.7. The second-order valence-electron chi connectivity index (χ2n) is 5.68. The van der Waals surface area contributed by atoms with Gasteiger partial charge in [0.1, 0.15) is 34.6 Å². The molecule has 0 N–H and O–H groups in total. The molecule has 7 heteroatoms. The summed E-state index contributed by atoms with van der Waals surface area (Å²) in [6.07, 6.45) is 5.74. The third kappa shape index (κ3) is 2.95. The van der Waals surface area contributed by atoms with Crippen molar-refractivity contribution in [2.24, 2.45) is 0 Å². The average molecular weight is 326 g/mol. The zero-order valence-electron chi connectivity index (χ0n) is 13.7. The molecule has 0 unspecified atom stereocenters. The van der Waals surface area contributed by atoms with E-state index in [1.165, 1.54) is 7.11 Å². The third-order valence-electron chi connectivity index (χ3n) is 4.10. The van der Waals surface area contributed by atoms with E-state index in [4.69, 9.17) is 9.15 Å². The highest BCUT2D eigenvalue weighted by Crippen LogP contribution is 2.23. The van der Waals surface area contributed by atoms with Gasteiger partial charge in [0, 0.05) is 19.0 Å². The summed E-state index contributed by atoms with van der Waals surface area (Å²) in [5, 5.41) is 17.9. The minimum atomic E-state index is -0.467. The normalized spacial score (nSPS) is 14.6. The number of ether oxygens (including phenoxy) is 1. The first-order valence-corrected chi connectivity index (χ1v) is 7.87. The van der Waals surface area contributed by atoms with Crippen molar-refractivity contribution < 1.29 is 13.9 Å². The number of methoxy groups -OCH3 is 1. The van der Waals surface area contributed by atoms with Crippen LogP contribution in [0.4, 0.5) is 0 Å².